The predicted octanol–water partition coefficient (Wildman–Crippen LogP) is 0.534. The van der Waals surface area contributed by atoms with Crippen molar-refractivity contribution in [2.45, 2.75) is 50.5 Å². The standard InChI is InChI=1S/C11H22O3Si.H5NSi/c1-8(15(4,12-2)13-3)9-5-6-10-11(7-9)14-10;1-2/h8-11H,5-7H2,1-4H3;1H2,2H3. The van der Waals surface area contributed by atoms with Gasteiger partial charge in [0.25, 0.3) is 0 Å². The number of hydrogen-bond acceptors (Lipinski definition) is 4. The third kappa shape index (κ3) is 3.39. The molecule has 4 atom stereocenters. The molecule has 0 aromatic heterocycles. The molecule has 1 saturated carbocycles. The van der Waals surface area contributed by atoms with E-state index in [4.69, 9.17) is 13.6 Å². The van der Waals surface area contributed by atoms with Gasteiger partial charge in [0.15, 0.2) is 0 Å². The summed E-state index contributed by atoms with van der Waals surface area (Å²) in [5.41, 5.74) is 0.553. The summed E-state index contributed by atoms with van der Waals surface area (Å²) in [6.07, 6.45) is 4.86. The summed E-state index contributed by atoms with van der Waals surface area (Å²) in [5.74, 6) is 0.727. The summed E-state index contributed by atoms with van der Waals surface area (Å²) < 4.78 is 16.8. The molecule has 4 nitrogen and oxygen atoms in total. The third-order valence-electron chi connectivity index (χ3n) is 4.39. The molecular formula is C11H27NO3Si2. The van der Waals surface area contributed by atoms with Gasteiger partial charge in [0.1, 0.15) is 0 Å². The highest BCUT2D eigenvalue weighted by Gasteiger charge is 2.49. The zero-order chi connectivity index (χ0) is 13.1. The fourth-order valence-corrected chi connectivity index (χ4v) is 4.84. The Morgan fingerprint density at radius 1 is 1.24 bits per heavy atom. The molecule has 0 aromatic carbocycles. The van der Waals surface area contributed by atoms with Crippen LogP contribution in [0.1, 0.15) is 26.2 Å². The van der Waals surface area contributed by atoms with Gasteiger partial charge in [-0.3, -0.25) is 0 Å². The minimum atomic E-state index is -1.95. The van der Waals surface area contributed by atoms with Crippen LogP contribution in [0.25, 0.3) is 0 Å². The van der Waals surface area contributed by atoms with Crippen molar-refractivity contribution in [1.29, 1.82) is 0 Å². The van der Waals surface area contributed by atoms with E-state index in [9.17, 15) is 0 Å². The van der Waals surface area contributed by atoms with Crippen LogP contribution in [0.5, 0.6) is 0 Å². The van der Waals surface area contributed by atoms with Crippen LogP contribution in [-0.4, -0.2) is 45.4 Å². The van der Waals surface area contributed by atoms with Gasteiger partial charge in [-0.1, -0.05) is 6.92 Å². The van der Waals surface area contributed by atoms with Crippen LogP contribution in [0, 0.1) is 5.92 Å². The summed E-state index contributed by atoms with van der Waals surface area (Å²) in [5, 5.41) is 4.64. The molecule has 102 valence electrons. The van der Waals surface area contributed by atoms with Gasteiger partial charge >= 0.3 is 8.56 Å². The first kappa shape index (κ1) is 15.3. The fraction of sp³-hybridized carbons (Fsp3) is 1.00. The number of epoxide rings is 1. The first-order valence-corrected chi connectivity index (χ1v) is 9.99. The van der Waals surface area contributed by atoms with Crippen LogP contribution in [0.15, 0.2) is 0 Å². The highest BCUT2D eigenvalue weighted by atomic mass is 28.4. The quantitative estimate of drug-likeness (QED) is 0.602. The van der Waals surface area contributed by atoms with E-state index in [2.05, 4.69) is 18.9 Å². The van der Waals surface area contributed by atoms with Gasteiger partial charge in [-0.15, -0.1) is 0 Å². The predicted molar refractivity (Wildman–Crippen MR) is 75.2 cm³/mol. The Balaban J connectivity index is 0.000000686. The molecule has 2 aliphatic rings. The molecule has 2 N–H and O–H groups in total. The van der Waals surface area contributed by atoms with E-state index in [0.717, 1.165) is 16.3 Å². The largest absolute Gasteiger partial charge is 0.398 e. The van der Waals surface area contributed by atoms with Crippen LogP contribution in [0.4, 0.5) is 0 Å². The molecular weight excluding hydrogens is 250 g/mol. The lowest BCUT2D eigenvalue weighted by Gasteiger charge is -2.35. The van der Waals surface area contributed by atoms with Crippen molar-refractivity contribution in [1.82, 2.24) is 0 Å². The lowest BCUT2D eigenvalue weighted by molar-refractivity contribution is 0.214. The fourth-order valence-electron chi connectivity index (χ4n) is 2.77. The number of fused-ring (bicyclic) bond motifs is 1. The number of nitrogens with two attached hydrogens (primary N) is 1. The van der Waals surface area contributed by atoms with Gasteiger partial charge in [-0.2, -0.15) is 0 Å². The number of rotatable bonds is 4. The molecule has 1 saturated heterocycles. The van der Waals surface area contributed by atoms with Gasteiger partial charge in [-0.25, -0.2) is 0 Å². The van der Waals surface area contributed by atoms with Crippen LogP contribution in [-0.2, 0) is 13.6 Å². The van der Waals surface area contributed by atoms with Gasteiger partial charge in [0.2, 0.25) is 0 Å². The molecule has 0 spiro atoms. The van der Waals surface area contributed by atoms with Crippen LogP contribution in [0.3, 0.4) is 0 Å². The average molecular weight is 278 g/mol. The smallest absolute Gasteiger partial charge is 0.337 e. The van der Waals surface area contributed by atoms with Crippen molar-refractivity contribution in [2.24, 2.45) is 11.3 Å². The maximum absolute atomic E-state index is 5.63. The summed E-state index contributed by atoms with van der Waals surface area (Å²) in [6, 6.07) is 0. The first-order chi connectivity index (χ1) is 8.10. The Hall–Kier alpha value is 0.274. The molecule has 0 aromatic rings. The Kier molecular flexibility index (Phi) is 5.81. The summed E-state index contributed by atoms with van der Waals surface area (Å²) in [4.78, 5) is 0. The third-order valence-corrected chi connectivity index (χ3v) is 8.14. The Morgan fingerprint density at radius 2 is 1.82 bits per heavy atom. The molecule has 1 aliphatic heterocycles. The summed E-state index contributed by atoms with van der Waals surface area (Å²) in [7, 11) is 2.42. The Labute approximate surface area is 109 Å². The van der Waals surface area contributed by atoms with E-state index >= 15 is 0 Å². The van der Waals surface area contributed by atoms with E-state index in [-0.39, 0.29) is 0 Å². The highest BCUT2D eigenvalue weighted by Crippen LogP contribution is 2.46. The number of ether oxygens (including phenoxy) is 1. The van der Waals surface area contributed by atoms with Crippen molar-refractivity contribution in [3.05, 3.63) is 0 Å². The van der Waals surface area contributed by atoms with E-state index < -0.39 is 8.56 Å². The van der Waals surface area contributed by atoms with Crippen molar-refractivity contribution >= 4 is 19.0 Å². The second kappa shape index (κ2) is 6.44. The maximum atomic E-state index is 5.63. The highest BCUT2D eigenvalue weighted by molar-refractivity contribution is 6.67. The zero-order valence-corrected chi connectivity index (χ0v) is 14.7. The van der Waals surface area contributed by atoms with Gasteiger partial charge in [0, 0.05) is 19.8 Å². The van der Waals surface area contributed by atoms with Crippen LogP contribution < -0.4 is 5.40 Å². The maximum Gasteiger partial charge on any atom is 0.337 e. The zero-order valence-electron chi connectivity index (χ0n) is 11.7. The molecule has 6 heteroatoms. The SMILES string of the molecule is CO[Si](C)(OC)C(C)C1CCC2OC2C1.N[SiH3]. The minimum Gasteiger partial charge on any atom is -0.398 e. The summed E-state index contributed by atoms with van der Waals surface area (Å²) >= 11 is 0. The Morgan fingerprint density at radius 3 is 2.29 bits per heavy atom. The van der Waals surface area contributed by atoms with E-state index in [0.29, 0.717) is 17.7 Å². The molecule has 2 fully saturated rings. The van der Waals surface area contributed by atoms with Crippen LogP contribution >= 0.6 is 0 Å². The van der Waals surface area contributed by atoms with Crippen molar-refractivity contribution in [3.63, 3.8) is 0 Å². The van der Waals surface area contributed by atoms with Gasteiger partial charge in [0.05, 0.1) is 22.6 Å². The molecule has 4 unspecified atom stereocenters. The lowest BCUT2D eigenvalue weighted by Crippen LogP contribution is -2.44. The normalized spacial score (nSPS) is 33.4. The lowest BCUT2D eigenvalue weighted by atomic mass is 9.87. The molecule has 0 bridgehead atoms. The van der Waals surface area contributed by atoms with E-state index in [1.54, 1.807) is 14.2 Å². The molecule has 0 radical (unpaired) electrons. The molecule has 1 aliphatic carbocycles. The summed E-state index contributed by atoms with van der Waals surface area (Å²) in [6.45, 7) is 4.45. The molecule has 17 heavy (non-hydrogen) atoms. The average Bonchev–Trinajstić information content (AvgIpc) is 3.17. The Bertz CT molecular complexity index is 239. The number of hydrogen-bond donors (Lipinski definition) is 1. The molecule has 2 rings (SSSR count). The monoisotopic (exact) mass is 277 g/mol. The second-order valence-corrected chi connectivity index (χ2v) is 8.76. The van der Waals surface area contributed by atoms with Crippen molar-refractivity contribution in [3.8, 4) is 0 Å². The second-order valence-electron chi connectivity index (χ2n) is 5.00. The van der Waals surface area contributed by atoms with E-state index in [1.165, 1.54) is 19.3 Å². The van der Waals surface area contributed by atoms with E-state index in [1.807, 2.05) is 0 Å². The van der Waals surface area contributed by atoms with Gasteiger partial charge < -0.3 is 19.0 Å². The molecule has 1 heterocycles. The van der Waals surface area contributed by atoms with Crippen molar-refractivity contribution < 1.29 is 13.6 Å². The minimum absolute atomic E-state index is 0.553. The van der Waals surface area contributed by atoms with Gasteiger partial charge in [-0.05, 0) is 31.7 Å². The van der Waals surface area contributed by atoms with Crippen molar-refractivity contribution in [2.75, 3.05) is 14.2 Å². The first-order valence-electron chi connectivity index (χ1n) is 6.44. The van der Waals surface area contributed by atoms with Crippen LogP contribution in [0.2, 0.25) is 12.1 Å². The topological polar surface area (TPSA) is 57.0 Å². The molecule has 0 amide bonds.